The molecule has 0 atom stereocenters. The zero-order valence-electron chi connectivity index (χ0n) is 11.8. The quantitative estimate of drug-likeness (QED) is 0.260. The molecule has 0 fully saturated rings. The second kappa shape index (κ2) is 8.98. The van der Waals surface area contributed by atoms with E-state index in [0.29, 0.717) is 11.1 Å². The topological polar surface area (TPSA) is 173 Å². The van der Waals surface area contributed by atoms with E-state index < -0.39 is 19.4 Å². The van der Waals surface area contributed by atoms with E-state index in [1.54, 1.807) is 24.3 Å². The van der Waals surface area contributed by atoms with Gasteiger partial charge in [-0.3, -0.25) is 14.9 Å². The Kier molecular flexibility index (Phi) is 8.09. The minimum absolute atomic E-state index is 0. The molecule has 0 aliphatic carbocycles. The summed E-state index contributed by atoms with van der Waals surface area (Å²) in [7, 11) is 0. The standard InChI is InChI=1S/C13H9NO3.AsH3O4.H3N/c15-13(10-4-2-1-3-5-10)11-6-8-12(9-7-11)14(16)17;2-1(3,4)5;/h1-9H;(H3,2,3,4,5);1H3. The van der Waals surface area contributed by atoms with Crippen LogP contribution in [0.15, 0.2) is 54.6 Å². The van der Waals surface area contributed by atoms with Crippen molar-refractivity contribution in [1.29, 1.82) is 0 Å². The summed E-state index contributed by atoms with van der Waals surface area (Å²) in [6.45, 7) is 0. The van der Waals surface area contributed by atoms with Crippen molar-refractivity contribution < 1.29 is 25.7 Å². The van der Waals surface area contributed by atoms with Gasteiger partial charge < -0.3 is 6.15 Å². The van der Waals surface area contributed by atoms with Crippen molar-refractivity contribution in [3.8, 4) is 0 Å². The summed E-state index contributed by atoms with van der Waals surface area (Å²) in [5.74, 6) is -0.138. The first-order chi connectivity index (χ1) is 10.2. The number of nitrogens with zero attached hydrogens (tertiary/aromatic N) is 1. The number of nitro groups is 1. The molecule has 23 heavy (non-hydrogen) atoms. The number of ketones is 1. The van der Waals surface area contributed by atoms with Crippen LogP contribution >= 0.6 is 0 Å². The SMILES string of the molecule is N.O=C(c1ccccc1)c1ccc([N+](=O)[O-])cc1.O=[As](O)(O)O. The van der Waals surface area contributed by atoms with Crippen LogP contribution in [0, 0.1) is 10.1 Å². The fourth-order valence-corrected chi connectivity index (χ4v) is 1.49. The Hall–Kier alpha value is -2.29. The number of hydrogen-bond acceptors (Lipinski definition) is 5. The van der Waals surface area contributed by atoms with E-state index in [1.165, 1.54) is 24.3 Å². The van der Waals surface area contributed by atoms with Gasteiger partial charge in [0.25, 0.3) is 5.69 Å². The minimum atomic E-state index is -5.12. The Morgan fingerprint density at radius 2 is 1.30 bits per heavy atom. The van der Waals surface area contributed by atoms with Crippen molar-refractivity contribution in [2.24, 2.45) is 0 Å². The first-order valence-corrected chi connectivity index (χ1v) is 9.09. The number of hydrogen-bond donors (Lipinski definition) is 4. The van der Waals surface area contributed by atoms with Gasteiger partial charge in [0.05, 0.1) is 4.92 Å². The summed E-state index contributed by atoms with van der Waals surface area (Å²) >= 11 is -5.12. The maximum atomic E-state index is 12.0. The number of rotatable bonds is 3. The Morgan fingerprint density at radius 1 is 0.913 bits per heavy atom. The molecule has 0 unspecified atom stereocenters. The van der Waals surface area contributed by atoms with Gasteiger partial charge in [0.1, 0.15) is 0 Å². The van der Waals surface area contributed by atoms with E-state index in [1.807, 2.05) is 6.07 Å². The molecule has 0 spiro atoms. The van der Waals surface area contributed by atoms with Gasteiger partial charge in [-0.2, -0.15) is 0 Å². The van der Waals surface area contributed by atoms with Crippen LogP contribution in [0.4, 0.5) is 5.69 Å². The van der Waals surface area contributed by atoms with Crippen molar-refractivity contribution in [3.05, 3.63) is 75.8 Å². The molecular weight excluding hydrogens is 371 g/mol. The molecule has 0 saturated carbocycles. The van der Waals surface area contributed by atoms with Crippen LogP contribution in [0.1, 0.15) is 15.9 Å². The number of carbonyl (C=O) groups excluding carboxylic acids is 1. The number of carbonyl (C=O) groups is 1. The fraction of sp³-hybridized carbons (Fsp3) is 0. The number of non-ortho nitro benzene ring substituents is 1. The molecule has 0 heterocycles. The molecule has 0 saturated heterocycles. The van der Waals surface area contributed by atoms with Crippen molar-refractivity contribution >= 4 is 26.0 Å². The predicted molar refractivity (Wildman–Crippen MR) is 81.1 cm³/mol. The summed E-state index contributed by atoms with van der Waals surface area (Å²) in [6.07, 6.45) is 0. The summed E-state index contributed by atoms with van der Waals surface area (Å²) in [6, 6.07) is 14.4. The molecule has 0 aliphatic heterocycles. The van der Waals surface area contributed by atoms with Crippen LogP contribution in [-0.4, -0.2) is 37.5 Å². The van der Waals surface area contributed by atoms with Crippen molar-refractivity contribution in [3.63, 3.8) is 0 Å². The first-order valence-electron chi connectivity index (χ1n) is 5.81. The van der Waals surface area contributed by atoms with Gasteiger partial charge in [0, 0.05) is 23.3 Å². The number of benzene rings is 2. The maximum absolute atomic E-state index is 12.0. The Labute approximate surface area is 134 Å². The molecule has 124 valence electrons. The molecule has 0 bridgehead atoms. The van der Waals surface area contributed by atoms with Crippen LogP contribution in [0.3, 0.4) is 0 Å². The molecule has 0 aliphatic rings. The van der Waals surface area contributed by atoms with E-state index in [9.17, 15) is 14.9 Å². The third kappa shape index (κ3) is 8.05. The summed E-state index contributed by atoms with van der Waals surface area (Å²) in [4.78, 5) is 21.9. The normalized spacial score (nSPS) is 9.87. The second-order valence-electron chi connectivity index (χ2n) is 4.01. The van der Waals surface area contributed by atoms with Crippen LogP contribution < -0.4 is 6.15 Å². The van der Waals surface area contributed by atoms with Gasteiger partial charge in [-0.15, -0.1) is 0 Å². The molecule has 2 aromatic carbocycles. The van der Waals surface area contributed by atoms with E-state index >= 15 is 0 Å². The van der Waals surface area contributed by atoms with Gasteiger partial charge in [0.15, 0.2) is 5.78 Å². The number of nitro benzene ring substituents is 1. The first kappa shape index (κ1) is 20.7. The third-order valence-electron chi connectivity index (χ3n) is 2.38. The van der Waals surface area contributed by atoms with E-state index in [2.05, 4.69) is 0 Å². The van der Waals surface area contributed by atoms with E-state index in [0.717, 1.165) is 0 Å². The fourth-order valence-electron chi connectivity index (χ4n) is 1.49. The average Bonchev–Trinajstić information content (AvgIpc) is 2.46. The molecule has 0 aromatic heterocycles. The molecule has 2 rings (SSSR count). The van der Waals surface area contributed by atoms with Crippen LogP contribution in [0.25, 0.3) is 0 Å². The molecule has 9 nitrogen and oxygen atoms in total. The molecular formula is C13H15AsN2O7. The van der Waals surface area contributed by atoms with E-state index in [-0.39, 0.29) is 17.6 Å². The van der Waals surface area contributed by atoms with Crippen molar-refractivity contribution in [2.45, 2.75) is 0 Å². The van der Waals surface area contributed by atoms with Gasteiger partial charge in [-0.25, -0.2) is 0 Å². The average molecular weight is 386 g/mol. The van der Waals surface area contributed by atoms with Crippen LogP contribution in [0.2, 0.25) is 0 Å². The van der Waals surface area contributed by atoms with Crippen LogP contribution in [0.5, 0.6) is 0 Å². The Bertz CT molecular complexity index is 690. The predicted octanol–water partition coefficient (Wildman–Crippen LogP) is 0.817. The van der Waals surface area contributed by atoms with Gasteiger partial charge in [0.2, 0.25) is 0 Å². The van der Waals surface area contributed by atoms with Crippen molar-refractivity contribution in [1.82, 2.24) is 6.15 Å². The zero-order valence-corrected chi connectivity index (χ0v) is 13.6. The zero-order chi connectivity index (χ0) is 16.8. The third-order valence-corrected chi connectivity index (χ3v) is 2.38. The molecule has 0 amide bonds. The molecule has 2 aromatic rings. The van der Waals surface area contributed by atoms with Gasteiger partial charge in [-0.05, 0) is 12.1 Å². The summed E-state index contributed by atoms with van der Waals surface area (Å²) < 4.78 is 30.7. The van der Waals surface area contributed by atoms with Crippen LogP contribution in [-0.2, 0) is 3.74 Å². The molecule has 0 radical (unpaired) electrons. The molecule has 10 heteroatoms. The van der Waals surface area contributed by atoms with Gasteiger partial charge in [-0.1, -0.05) is 30.3 Å². The monoisotopic (exact) mass is 386 g/mol. The summed E-state index contributed by atoms with van der Waals surface area (Å²) in [5, 5.41) is 10.5. The Morgan fingerprint density at radius 3 is 1.70 bits per heavy atom. The molecule has 6 N–H and O–H groups in total. The van der Waals surface area contributed by atoms with Crippen molar-refractivity contribution in [2.75, 3.05) is 0 Å². The Balaban J connectivity index is 0.000000709. The van der Waals surface area contributed by atoms with Gasteiger partial charge >= 0.3 is 30.5 Å². The second-order valence-corrected chi connectivity index (χ2v) is 6.17. The van der Waals surface area contributed by atoms with E-state index in [4.69, 9.17) is 16.0 Å². The summed E-state index contributed by atoms with van der Waals surface area (Å²) in [5.41, 5.74) is 0.998.